The summed E-state index contributed by atoms with van der Waals surface area (Å²) in [4.78, 5) is 0. The summed E-state index contributed by atoms with van der Waals surface area (Å²) < 4.78 is 7.15. The van der Waals surface area contributed by atoms with Gasteiger partial charge >= 0.3 is 0 Å². The van der Waals surface area contributed by atoms with Crippen LogP contribution in [0.15, 0.2) is 29.6 Å². The lowest BCUT2D eigenvalue weighted by Crippen LogP contribution is -2.50. The van der Waals surface area contributed by atoms with Crippen molar-refractivity contribution in [2.24, 2.45) is 0 Å². The van der Waals surface area contributed by atoms with Gasteiger partial charge in [-0.25, -0.2) is 0 Å². The van der Waals surface area contributed by atoms with Crippen molar-refractivity contribution in [2.45, 2.75) is 6.10 Å². The molecule has 0 radical (unpaired) electrons. The predicted octanol–water partition coefficient (Wildman–Crippen LogP) is 2.67. The van der Waals surface area contributed by atoms with Gasteiger partial charge in [-0.3, -0.25) is 0 Å². The van der Waals surface area contributed by atoms with Gasteiger partial charge in [-0.15, -0.1) is 23.7 Å². The minimum Gasteiger partial charge on any atom is -0.486 e. The molecule has 1 aliphatic heterocycles. The lowest BCUT2D eigenvalue weighted by atomic mass is 10.2. The molecule has 1 aromatic carbocycles. The van der Waals surface area contributed by atoms with Crippen LogP contribution in [0.25, 0.3) is 10.1 Å². The number of hydrogen-bond acceptors (Lipinski definition) is 3. The van der Waals surface area contributed by atoms with Crippen LogP contribution in [0, 0.1) is 0 Å². The van der Waals surface area contributed by atoms with Crippen LogP contribution in [0.2, 0.25) is 0 Å². The number of rotatable bonds is 2. The maximum absolute atomic E-state index is 5.85. The molecule has 0 unspecified atom stereocenters. The predicted molar refractivity (Wildman–Crippen MR) is 66.4 cm³/mol. The first-order valence-corrected chi connectivity index (χ1v) is 5.65. The average molecular weight is 242 g/mol. The van der Waals surface area contributed by atoms with Crippen LogP contribution in [0.4, 0.5) is 0 Å². The van der Waals surface area contributed by atoms with E-state index >= 15 is 0 Å². The van der Waals surface area contributed by atoms with Crippen molar-refractivity contribution in [3.63, 3.8) is 0 Å². The van der Waals surface area contributed by atoms with Gasteiger partial charge in [0.2, 0.25) is 0 Å². The van der Waals surface area contributed by atoms with Crippen LogP contribution in [-0.2, 0) is 0 Å². The Bertz CT molecular complexity index is 453. The molecule has 1 aliphatic rings. The molecule has 0 aliphatic carbocycles. The summed E-state index contributed by atoms with van der Waals surface area (Å²) in [6.45, 7) is 1.95. The first-order valence-electron chi connectivity index (χ1n) is 4.77. The molecule has 1 saturated heterocycles. The van der Waals surface area contributed by atoms with E-state index in [9.17, 15) is 0 Å². The zero-order valence-corrected chi connectivity index (χ0v) is 9.74. The van der Waals surface area contributed by atoms with E-state index in [2.05, 4.69) is 35.0 Å². The van der Waals surface area contributed by atoms with Crippen LogP contribution >= 0.6 is 23.7 Å². The summed E-state index contributed by atoms with van der Waals surface area (Å²) in [6, 6.07) is 8.37. The third-order valence-electron chi connectivity index (χ3n) is 2.48. The number of fused-ring (bicyclic) bond motifs is 1. The lowest BCUT2D eigenvalue weighted by Gasteiger charge is -2.27. The van der Waals surface area contributed by atoms with Crippen molar-refractivity contribution in [3.05, 3.63) is 29.6 Å². The molecule has 2 nitrogen and oxygen atoms in total. The first kappa shape index (κ1) is 10.7. The van der Waals surface area contributed by atoms with Gasteiger partial charge in [-0.2, -0.15) is 0 Å². The number of hydrogen-bond donors (Lipinski definition) is 1. The topological polar surface area (TPSA) is 21.3 Å². The van der Waals surface area contributed by atoms with Crippen molar-refractivity contribution < 1.29 is 4.74 Å². The number of thiophene rings is 1. The van der Waals surface area contributed by atoms with Gasteiger partial charge in [0.05, 0.1) is 0 Å². The maximum Gasteiger partial charge on any atom is 0.138 e. The molecule has 3 rings (SSSR count). The van der Waals surface area contributed by atoms with Crippen LogP contribution in [0.1, 0.15) is 0 Å². The van der Waals surface area contributed by atoms with Crippen molar-refractivity contribution >= 4 is 33.8 Å². The Balaban J connectivity index is 0.000000853. The van der Waals surface area contributed by atoms with Gasteiger partial charge < -0.3 is 10.1 Å². The van der Waals surface area contributed by atoms with E-state index in [1.165, 1.54) is 10.1 Å². The smallest absolute Gasteiger partial charge is 0.138 e. The summed E-state index contributed by atoms with van der Waals surface area (Å²) in [5.74, 6) is 1.04. The van der Waals surface area contributed by atoms with Crippen molar-refractivity contribution in [3.8, 4) is 5.75 Å². The Morgan fingerprint density at radius 3 is 2.80 bits per heavy atom. The molecular weight excluding hydrogens is 230 g/mol. The molecule has 2 heterocycles. The molecule has 0 saturated carbocycles. The van der Waals surface area contributed by atoms with E-state index in [0.717, 1.165) is 18.8 Å². The van der Waals surface area contributed by atoms with E-state index in [0.29, 0.717) is 6.10 Å². The molecule has 15 heavy (non-hydrogen) atoms. The second kappa shape index (κ2) is 4.39. The fourth-order valence-corrected chi connectivity index (χ4v) is 2.44. The van der Waals surface area contributed by atoms with E-state index in [-0.39, 0.29) is 12.4 Å². The molecule has 1 N–H and O–H groups in total. The summed E-state index contributed by atoms with van der Waals surface area (Å²) in [6.07, 6.45) is 0.369. The van der Waals surface area contributed by atoms with E-state index < -0.39 is 0 Å². The highest BCUT2D eigenvalue weighted by Crippen LogP contribution is 2.32. The second-order valence-corrected chi connectivity index (χ2v) is 4.41. The minimum atomic E-state index is 0. The molecule has 80 valence electrons. The highest BCUT2D eigenvalue weighted by molar-refractivity contribution is 7.17. The zero-order chi connectivity index (χ0) is 9.38. The number of benzene rings is 1. The number of halogens is 1. The Morgan fingerprint density at radius 1 is 1.27 bits per heavy atom. The summed E-state index contributed by atoms with van der Waals surface area (Å²) >= 11 is 1.75. The summed E-state index contributed by atoms with van der Waals surface area (Å²) in [5, 5.41) is 6.54. The largest absolute Gasteiger partial charge is 0.486 e. The first-order chi connectivity index (χ1) is 6.93. The molecule has 0 bridgehead atoms. The third kappa shape index (κ3) is 1.95. The fraction of sp³-hybridized carbons (Fsp3) is 0.273. The van der Waals surface area contributed by atoms with E-state index in [1.54, 1.807) is 11.3 Å². The van der Waals surface area contributed by atoms with Crippen molar-refractivity contribution in [2.75, 3.05) is 13.1 Å². The van der Waals surface area contributed by atoms with Crippen LogP contribution < -0.4 is 10.1 Å². The molecule has 2 aromatic rings. The molecule has 0 atom stereocenters. The van der Waals surface area contributed by atoms with Crippen LogP contribution in [0.5, 0.6) is 5.75 Å². The van der Waals surface area contributed by atoms with Crippen molar-refractivity contribution in [1.82, 2.24) is 5.32 Å². The minimum absolute atomic E-state index is 0. The van der Waals surface area contributed by atoms with Gasteiger partial charge in [0.1, 0.15) is 11.9 Å². The molecular formula is C11H12ClNOS. The molecule has 1 fully saturated rings. The van der Waals surface area contributed by atoms with Gasteiger partial charge in [0.15, 0.2) is 0 Å². The number of ether oxygens (including phenoxy) is 1. The van der Waals surface area contributed by atoms with Gasteiger partial charge in [0.25, 0.3) is 0 Å². The SMILES string of the molecule is Cl.c1ccc2c(OC3CNC3)csc2c1. The van der Waals surface area contributed by atoms with Crippen LogP contribution in [0.3, 0.4) is 0 Å². The Kier molecular flexibility index (Phi) is 3.14. The quantitative estimate of drug-likeness (QED) is 0.873. The fourth-order valence-electron chi connectivity index (χ4n) is 1.57. The second-order valence-electron chi connectivity index (χ2n) is 3.49. The molecule has 1 aromatic heterocycles. The van der Waals surface area contributed by atoms with E-state index in [1.807, 2.05) is 0 Å². The highest BCUT2D eigenvalue weighted by Gasteiger charge is 2.19. The third-order valence-corrected chi connectivity index (χ3v) is 3.42. The highest BCUT2D eigenvalue weighted by atomic mass is 35.5. The van der Waals surface area contributed by atoms with Crippen molar-refractivity contribution in [1.29, 1.82) is 0 Å². The zero-order valence-electron chi connectivity index (χ0n) is 8.10. The van der Waals surface area contributed by atoms with E-state index in [4.69, 9.17) is 4.74 Å². The van der Waals surface area contributed by atoms with Gasteiger partial charge in [-0.05, 0) is 12.1 Å². The Morgan fingerprint density at radius 2 is 2.07 bits per heavy atom. The lowest BCUT2D eigenvalue weighted by molar-refractivity contribution is 0.145. The normalized spacial score (nSPS) is 15.7. The number of nitrogens with one attached hydrogen (secondary N) is 1. The maximum atomic E-state index is 5.85. The van der Waals surface area contributed by atoms with Gasteiger partial charge in [-0.1, -0.05) is 12.1 Å². The Hall–Kier alpha value is -0.770. The molecule has 4 heteroatoms. The van der Waals surface area contributed by atoms with Crippen LogP contribution in [-0.4, -0.2) is 19.2 Å². The molecule has 0 amide bonds. The Labute approximate surface area is 98.7 Å². The summed E-state index contributed by atoms with van der Waals surface area (Å²) in [5.41, 5.74) is 0. The molecule has 0 spiro atoms. The average Bonchev–Trinajstić information content (AvgIpc) is 2.55. The summed E-state index contributed by atoms with van der Waals surface area (Å²) in [7, 11) is 0. The monoisotopic (exact) mass is 241 g/mol. The standard InChI is InChI=1S/C11H11NOS.ClH/c1-2-4-11-9(3-1)10(7-14-11)13-8-5-12-6-8;/h1-4,7-8,12H,5-6H2;1H. The van der Waals surface area contributed by atoms with Gasteiger partial charge in [0, 0.05) is 28.6 Å².